The first kappa shape index (κ1) is 23.3. The molecule has 0 spiro atoms. The van der Waals surface area contributed by atoms with E-state index in [-0.39, 0.29) is 0 Å². The number of fused-ring (bicyclic) bond motifs is 1. The lowest BCUT2D eigenvalue weighted by Gasteiger charge is -2.34. The summed E-state index contributed by atoms with van der Waals surface area (Å²) in [6.45, 7) is 4.40. The highest BCUT2D eigenvalue weighted by Crippen LogP contribution is 2.25. The summed E-state index contributed by atoms with van der Waals surface area (Å²) in [6, 6.07) is 46.7. The summed E-state index contributed by atoms with van der Waals surface area (Å²) in [5.74, 6) is 0. The molecule has 0 atom stereocenters. The summed E-state index contributed by atoms with van der Waals surface area (Å²) in [7, 11) is -2.15. The zero-order chi connectivity index (χ0) is 24.1. The van der Waals surface area contributed by atoms with Gasteiger partial charge in [0, 0.05) is 0 Å². The molecule has 0 heterocycles. The fourth-order valence-corrected chi connectivity index (χ4v) is 10.6. The lowest BCUT2D eigenvalue weighted by Crippen LogP contribution is -2.66. The molecule has 0 bridgehead atoms. The van der Waals surface area contributed by atoms with Crippen LogP contribution in [-0.4, -0.2) is 8.07 Å². The van der Waals surface area contributed by atoms with Crippen molar-refractivity contribution in [3.63, 3.8) is 0 Å². The minimum Gasteiger partial charge on any atom is -0.0624 e. The Morgan fingerprint density at radius 3 is 1.66 bits per heavy atom. The molecule has 0 saturated carbocycles. The van der Waals surface area contributed by atoms with Crippen LogP contribution in [0.5, 0.6) is 0 Å². The second-order valence-electron chi connectivity index (χ2n) is 9.80. The Morgan fingerprint density at radius 1 is 0.486 bits per heavy atom. The Kier molecular flexibility index (Phi) is 6.97. The van der Waals surface area contributed by atoms with Gasteiger partial charge in [-0.3, -0.25) is 0 Å². The van der Waals surface area contributed by atoms with Crippen LogP contribution in [-0.2, 0) is 6.42 Å². The molecule has 0 nitrogen and oxygen atoms in total. The van der Waals surface area contributed by atoms with E-state index in [0.717, 1.165) is 6.42 Å². The van der Waals surface area contributed by atoms with Crippen LogP contribution in [0.15, 0.2) is 121 Å². The molecule has 35 heavy (non-hydrogen) atoms. The molecule has 0 amide bonds. The van der Waals surface area contributed by atoms with Crippen LogP contribution in [0.25, 0.3) is 10.8 Å². The first-order valence-electron chi connectivity index (χ1n) is 12.8. The standard InChI is InChI=1S/C34H34Si/c1-27-20-24-32(25-21-27)35(30-14-5-3-6-15-30,31-16-7-4-8-17-31)26-12-11-13-29-23-22-28(2)33-18-9-10-19-34(29)33/h3-10,14-25H,11-13,26H2,1-2H3. The Morgan fingerprint density at radius 2 is 1.03 bits per heavy atom. The van der Waals surface area contributed by atoms with E-state index < -0.39 is 8.07 Å². The molecule has 0 saturated heterocycles. The van der Waals surface area contributed by atoms with Crippen molar-refractivity contribution in [3.05, 3.63) is 138 Å². The van der Waals surface area contributed by atoms with Gasteiger partial charge in [-0.25, -0.2) is 0 Å². The summed E-state index contributed by atoms with van der Waals surface area (Å²) in [4.78, 5) is 0. The first-order valence-corrected chi connectivity index (χ1v) is 15.0. The first-order chi connectivity index (χ1) is 17.2. The molecule has 0 fully saturated rings. The lowest BCUT2D eigenvalue weighted by atomic mass is 9.97. The fourth-order valence-electron chi connectivity index (χ4n) is 5.65. The summed E-state index contributed by atoms with van der Waals surface area (Å²) in [5.41, 5.74) is 4.17. The molecule has 5 aromatic carbocycles. The molecular weight excluding hydrogens is 436 g/mol. The molecule has 0 aliphatic rings. The summed E-state index contributed by atoms with van der Waals surface area (Å²) < 4.78 is 0. The van der Waals surface area contributed by atoms with E-state index in [2.05, 4.69) is 135 Å². The van der Waals surface area contributed by atoms with Crippen LogP contribution in [0.2, 0.25) is 6.04 Å². The molecular formula is C34H34Si. The molecule has 5 aromatic rings. The highest BCUT2D eigenvalue weighted by atomic mass is 28.3. The number of hydrogen-bond acceptors (Lipinski definition) is 0. The van der Waals surface area contributed by atoms with Crippen molar-refractivity contribution < 1.29 is 0 Å². The van der Waals surface area contributed by atoms with Gasteiger partial charge in [-0.1, -0.05) is 133 Å². The Hall–Kier alpha value is -3.42. The van der Waals surface area contributed by atoms with Gasteiger partial charge >= 0.3 is 0 Å². The molecule has 5 rings (SSSR count). The van der Waals surface area contributed by atoms with E-state index in [9.17, 15) is 0 Å². The van der Waals surface area contributed by atoms with Gasteiger partial charge in [-0.15, -0.1) is 0 Å². The van der Waals surface area contributed by atoms with E-state index >= 15 is 0 Å². The number of benzene rings is 5. The van der Waals surface area contributed by atoms with Gasteiger partial charge in [0.05, 0.1) is 0 Å². The van der Waals surface area contributed by atoms with E-state index in [4.69, 9.17) is 0 Å². The van der Waals surface area contributed by atoms with Crippen molar-refractivity contribution in [1.82, 2.24) is 0 Å². The highest BCUT2D eigenvalue weighted by Gasteiger charge is 2.38. The zero-order valence-corrected chi connectivity index (χ0v) is 21.9. The molecule has 1 heteroatoms. The smallest absolute Gasteiger partial charge is 0.0624 e. The minimum absolute atomic E-state index is 1.13. The lowest BCUT2D eigenvalue weighted by molar-refractivity contribution is 0.792. The molecule has 0 aliphatic carbocycles. The van der Waals surface area contributed by atoms with Gasteiger partial charge in [0.15, 0.2) is 0 Å². The number of unbranched alkanes of at least 4 members (excludes halogenated alkanes) is 1. The van der Waals surface area contributed by atoms with Gasteiger partial charge in [0.2, 0.25) is 0 Å². The Bertz CT molecular complexity index is 1350. The predicted octanol–water partition coefficient (Wildman–Crippen LogP) is 6.95. The van der Waals surface area contributed by atoms with Crippen LogP contribution in [0.4, 0.5) is 0 Å². The van der Waals surface area contributed by atoms with Crippen LogP contribution in [0.1, 0.15) is 29.5 Å². The fraction of sp³-hybridized carbons (Fsp3) is 0.176. The predicted molar refractivity (Wildman–Crippen MR) is 155 cm³/mol. The molecule has 0 aromatic heterocycles. The zero-order valence-electron chi connectivity index (χ0n) is 20.9. The van der Waals surface area contributed by atoms with Gasteiger partial charge in [-0.05, 0) is 70.2 Å². The molecule has 0 radical (unpaired) electrons. The average molecular weight is 471 g/mol. The van der Waals surface area contributed by atoms with E-state index in [1.807, 2.05) is 0 Å². The van der Waals surface area contributed by atoms with Crippen molar-refractivity contribution in [1.29, 1.82) is 0 Å². The van der Waals surface area contributed by atoms with E-state index in [0.29, 0.717) is 0 Å². The van der Waals surface area contributed by atoms with Crippen LogP contribution in [0, 0.1) is 13.8 Å². The van der Waals surface area contributed by atoms with Gasteiger partial charge in [0.1, 0.15) is 8.07 Å². The normalized spacial score (nSPS) is 11.6. The van der Waals surface area contributed by atoms with Crippen LogP contribution < -0.4 is 15.6 Å². The van der Waals surface area contributed by atoms with E-state index in [1.54, 1.807) is 0 Å². The highest BCUT2D eigenvalue weighted by molar-refractivity contribution is 7.11. The van der Waals surface area contributed by atoms with Crippen molar-refractivity contribution in [2.75, 3.05) is 0 Å². The summed E-state index contributed by atoms with van der Waals surface area (Å²) in [6.07, 6.45) is 3.54. The number of aryl methyl sites for hydroxylation is 3. The number of hydrogen-bond donors (Lipinski definition) is 0. The largest absolute Gasteiger partial charge is 0.148 e. The third-order valence-corrected chi connectivity index (χ3v) is 12.6. The monoisotopic (exact) mass is 470 g/mol. The van der Waals surface area contributed by atoms with Gasteiger partial charge in [0.25, 0.3) is 0 Å². The second-order valence-corrected chi connectivity index (χ2v) is 13.8. The van der Waals surface area contributed by atoms with Crippen LogP contribution in [0.3, 0.4) is 0 Å². The SMILES string of the molecule is Cc1ccc([Si](CCCCc2ccc(C)c3ccccc23)(c2ccccc2)c2ccccc2)cc1. The minimum atomic E-state index is -2.15. The topological polar surface area (TPSA) is 0 Å². The summed E-state index contributed by atoms with van der Waals surface area (Å²) in [5, 5.41) is 7.34. The number of rotatable bonds is 8. The maximum Gasteiger partial charge on any atom is 0.148 e. The molecule has 0 unspecified atom stereocenters. The maximum atomic E-state index is 2.40. The van der Waals surface area contributed by atoms with Crippen molar-refractivity contribution in [3.8, 4) is 0 Å². The molecule has 174 valence electrons. The Labute approximate surface area is 211 Å². The van der Waals surface area contributed by atoms with Gasteiger partial charge < -0.3 is 0 Å². The quantitative estimate of drug-likeness (QED) is 0.131. The van der Waals surface area contributed by atoms with Gasteiger partial charge in [-0.2, -0.15) is 0 Å². The summed E-state index contributed by atoms with van der Waals surface area (Å²) >= 11 is 0. The maximum absolute atomic E-state index is 2.40. The molecule has 0 N–H and O–H groups in total. The van der Waals surface area contributed by atoms with E-state index in [1.165, 1.54) is 61.9 Å². The van der Waals surface area contributed by atoms with Crippen molar-refractivity contribution in [2.45, 2.75) is 39.2 Å². The Balaban J connectivity index is 1.48. The van der Waals surface area contributed by atoms with Crippen molar-refractivity contribution >= 4 is 34.4 Å². The third kappa shape index (κ3) is 4.74. The van der Waals surface area contributed by atoms with Crippen molar-refractivity contribution in [2.24, 2.45) is 0 Å². The third-order valence-electron chi connectivity index (χ3n) is 7.56. The average Bonchev–Trinajstić information content (AvgIpc) is 2.92. The van der Waals surface area contributed by atoms with Crippen LogP contribution >= 0.6 is 0 Å². The second kappa shape index (κ2) is 10.5. The molecule has 0 aliphatic heterocycles.